The van der Waals surface area contributed by atoms with Crippen molar-refractivity contribution in [3.63, 3.8) is 0 Å². The highest BCUT2D eigenvalue weighted by Gasteiger charge is 2.06. The van der Waals surface area contributed by atoms with E-state index in [0.717, 1.165) is 24.1 Å². The molecular formula is C12H18ClNO. The highest BCUT2D eigenvalue weighted by Crippen LogP contribution is 2.24. The van der Waals surface area contributed by atoms with Gasteiger partial charge in [0.2, 0.25) is 0 Å². The van der Waals surface area contributed by atoms with Crippen molar-refractivity contribution in [2.24, 2.45) is 0 Å². The number of rotatable bonds is 5. The molecule has 0 unspecified atom stereocenters. The van der Waals surface area contributed by atoms with Crippen molar-refractivity contribution in [3.05, 3.63) is 28.8 Å². The lowest BCUT2D eigenvalue weighted by Gasteiger charge is -2.17. The van der Waals surface area contributed by atoms with Gasteiger partial charge in [0, 0.05) is 6.04 Å². The molecule has 0 aliphatic carbocycles. The van der Waals surface area contributed by atoms with Gasteiger partial charge in [-0.3, -0.25) is 0 Å². The summed E-state index contributed by atoms with van der Waals surface area (Å²) in [5.74, 6) is 0. The molecule has 1 aromatic carbocycles. The number of nitrogens with one attached hydrogen (secondary N) is 1. The van der Waals surface area contributed by atoms with Gasteiger partial charge in [-0.1, -0.05) is 31.5 Å². The van der Waals surface area contributed by atoms with E-state index in [1.165, 1.54) is 0 Å². The van der Waals surface area contributed by atoms with Crippen LogP contribution in [-0.4, -0.2) is 11.1 Å². The standard InChI is InChI=1S/C12H18ClNO/c1-3-10(4-2)14-12-7-9(8-15)5-6-11(12)13/h5-7,10,14-15H,3-4,8H2,1-2H3. The van der Waals surface area contributed by atoms with Crippen LogP contribution in [0, 0.1) is 0 Å². The van der Waals surface area contributed by atoms with E-state index < -0.39 is 0 Å². The largest absolute Gasteiger partial charge is 0.392 e. The third-order valence-electron chi connectivity index (χ3n) is 2.56. The van der Waals surface area contributed by atoms with E-state index in [9.17, 15) is 0 Å². The minimum atomic E-state index is 0.0504. The summed E-state index contributed by atoms with van der Waals surface area (Å²) in [4.78, 5) is 0. The normalized spacial score (nSPS) is 10.7. The van der Waals surface area contributed by atoms with Crippen LogP contribution in [-0.2, 0) is 6.61 Å². The number of benzene rings is 1. The highest BCUT2D eigenvalue weighted by molar-refractivity contribution is 6.33. The van der Waals surface area contributed by atoms with Crippen molar-refractivity contribution in [2.75, 3.05) is 5.32 Å². The fraction of sp³-hybridized carbons (Fsp3) is 0.500. The summed E-state index contributed by atoms with van der Waals surface area (Å²) in [5.41, 5.74) is 1.80. The van der Waals surface area contributed by atoms with Crippen molar-refractivity contribution in [1.82, 2.24) is 0 Å². The second-order valence-corrected chi connectivity index (χ2v) is 4.04. The van der Waals surface area contributed by atoms with Crippen LogP contribution >= 0.6 is 11.6 Å². The molecule has 0 heterocycles. The molecule has 2 nitrogen and oxygen atoms in total. The molecule has 0 aromatic heterocycles. The molecule has 84 valence electrons. The molecule has 0 aliphatic rings. The summed E-state index contributed by atoms with van der Waals surface area (Å²) in [6.07, 6.45) is 2.13. The van der Waals surface area contributed by atoms with Gasteiger partial charge in [0.15, 0.2) is 0 Å². The molecule has 3 heteroatoms. The van der Waals surface area contributed by atoms with Gasteiger partial charge < -0.3 is 10.4 Å². The van der Waals surface area contributed by atoms with Gasteiger partial charge in [0.25, 0.3) is 0 Å². The van der Waals surface area contributed by atoms with Gasteiger partial charge >= 0.3 is 0 Å². The fourth-order valence-electron chi connectivity index (χ4n) is 1.49. The van der Waals surface area contributed by atoms with Crippen LogP contribution in [0.25, 0.3) is 0 Å². The number of hydrogen-bond acceptors (Lipinski definition) is 2. The van der Waals surface area contributed by atoms with Crippen molar-refractivity contribution in [1.29, 1.82) is 0 Å². The van der Waals surface area contributed by atoms with Crippen LogP contribution in [0.3, 0.4) is 0 Å². The number of aliphatic hydroxyl groups excluding tert-OH is 1. The number of hydrogen-bond donors (Lipinski definition) is 2. The molecule has 0 saturated heterocycles. The molecule has 2 N–H and O–H groups in total. The predicted molar refractivity (Wildman–Crippen MR) is 65.4 cm³/mol. The minimum Gasteiger partial charge on any atom is -0.392 e. The zero-order valence-electron chi connectivity index (χ0n) is 9.26. The Labute approximate surface area is 96.3 Å². The molecule has 1 rings (SSSR count). The Morgan fingerprint density at radius 1 is 1.33 bits per heavy atom. The van der Waals surface area contributed by atoms with Crippen LogP contribution in [0.1, 0.15) is 32.3 Å². The maximum atomic E-state index is 9.03. The quantitative estimate of drug-likeness (QED) is 0.808. The Kier molecular flexibility index (Phi) is 4.92. The summed E-state index contributed by atoms with van der Waals surface area (Å²) in [7, 11) is 0. The van der Waals surface area contributed by atoms with E-state index in [1.807, 2.05) is 18.2 Å². The van der Waals surface area contributed by atoms with Crippen LogP contribution < -0.4 is 5.32 Å². The second kappa shape index (κ2) is 5.99. The monoisotopic (exact) mass is 227 g/mol. The number of anilines is 1. The third-order valence-corrected chi connectivity index (χ3v) is 2.89. The molecular weight excluding hydrogens is 210 g/mol. The average Bonchev–Trinajstić information content (AvgIpc) is 2.28. The zero-order chi connectivity index (χ0) is 11.3. The molecule has 0 saturated carbocycles. The number of halogens is 1. The van der Waals surface area contributed by atoms with Crippen LogP contribution in [0.2, 0.25) is 5.02 Å². The van der Waals surface area contributed by atoms with E-state index >= 15 is 0 Å². The average molecular weight is 228 g/mol. The van der Waals surface area contributed by atoms with E-state index in [2.05, 4.69) is 19.2 Å². The van der Waals surface area contributed by atoms with Gasteiger partial charge in [0.1, 0.15) is 0 Å². The summed E-state index contributed by atoms with van der Waals surface area (Å²) < 4.78 is 0. The number of aliphatic hydroxyl groups is 1. The smallest absolute Gasteiger partial charge is 0.0682 e. The minimum absolute atomic E-state index is 0.0504. The van der Waals surface area contributed by atoms with Crippen molar-refractivity contribution in [2.45, 2.75) is 39.3 Å². The first-order chi connectivity index (χ1) is 7.21. The Balaban J connectivity index is 2.82. The molecule has 0 aliphatic heterocycles. The van der Waals surface area contributed by atoms with Gasteiger partial charge in [-0.2, -0.15) is 0 Å². The van der Waals surface area contributed by atoms with E-state index in [-0.39, 0.29) is 6.61 Å². The maximum Gasteiger partial charge on any atom is 0.0682 e. The molecule has 0 bridgehead atoms. The van der Waals surface area contributed by atoms with Crippen molar-refractivity contribution < 1.29 is 5.11 Å². The molecule has 15 heavy (non-hydrogen) atoms. The molecule has 0 fully saturated rings. The maximum absolute atomic E-state index is 9.03. The first-order valence-corrected chi connectivity index (χ1v) is 5.74. The van der Waals surface area contributed by atoms with E-state index in [0.29, 0.717) is 11.1 Å². The summed E-state index contributed by atoms with van der Waals surface area (Å²) in [6, 6.07) is 6.00. The third kappa shape index (κ3) is 3.40. The van der Waals surface area contributed by atoms with E-state index in [4.69, 9.17) is 16.7 Å². The van der Waals surface area contributed by atoms with Gasteiger partial charge in [-0.25, -0.2) is 0 Å². The predicted octanol–water partition coefficient (Wildman–Crippen LogP) is 3.43. The molecule has 1 aromatic rings. The molecule has 0 spiro atoms. The highest BCUT2D eigenvalue weighted by atomic mass is 35.5. The molecule has 0 radical (unpaired) electrons. The van der Waals surface area contributed by atoms with Gasteiger partial charge in [-0.05, 0) is 30.5 Å². The summed E-state index contributed by atoms with van der Waals surface area (Å²) in [6.45, 7) is 4.34. The lowest BCUT2D eigenvalue weighted by atomic mass is 10.1. The molecule has 0 atom stereocenters. The van der Waals surface area contributed by atoms with Crippen molar-refractivity contribution >= 4 is 17.3 Å². The Morgan fingerprint density at radius 2 is 2.00 bits per heavy atom. The van der Waals surface area contributed by atoms with Gasteiger partial charge in [-0.15, -0.1) is 0 Å². The second-order valence-electron chi connectivity index (χ2n) is 3.63. The van der Waals surface area contributed by atoms with Crippen LogP contribution in [0.4, 0.5) is 5.69 Å². The van der Waals surface area contributed by atoms with Gasteiger partial charge in [0.05, 0.1) is 17.3 Å². The SMILES string of the molecule is CCC(CC)Nc1cc(CO)ccc1Cl. The van der Waals surface area contributed by atoms with Crippen LogP contribution in [0.15, 0.2) is 18.2 Å². The first-order valence-electron chi connectivity index (χ1n) is 5.37. The van der Waals surface area contributed by atoms with Crippen LogP contribution in [0.5, 0.6) is 0 Å². The Hall–Kier alpha value is -0.730. The lowest BCUT2D eigenvalue weighted by Crippen LogP contribution is -2.17. The summed E-state index contributed by atoms with van der Waals surface area (Å²) >= 11 is 6.07. The molecule has 0 amide bonds. The topological polar surface area (TPSA) is 32.3 Å². The fourth-order valence-corrected chi connectivity index (χ4v) is 1.67. The Bertz CT molecular complexity index is 310. The van der Waals surface area contributed by atoms with E-state index in [1.54, 1.807) is 0 Å². The van der Waals surface area contributed by atoms with Crippen molar-refractivity contribution in [3.8, 4) is 0 Å². The Morgan fingerprint density at radius 3 is 2.53 bits per heavy atom. The first kappa shape index (κ1) is 12.3. The lowest BCUT2D eigenvalue weighted by molar-refractivity contribution is 0.282. The summed E-state index contributed by atoms with van der Waals surface area (Å²) in [5, 5.41) is 13.1. The zero-order valence-corrected chi connectivity index (χ0v) is 10.0.